The lowest BCUT2D eigenvalue weighted by atomic mass is 10.0. The highest BCUT2D eigenvalue weighted by molar-refractivity contribution is 5.85. The first-order valence-corrected chi connectivity index (χ1v) is 6.35. The largest absolute Gasteiger partial charge is 0.396 e. The van der Waals surface area contributed by atoms with Gasteiger partial charge in [-0.05, 0) is 24.6 Å². The summed E-state index contributed by atoms with van der Waals surface area (Å²) in [6.45, 7) is 1.63. The molecule has 0 saturated heterocycles. The number of nitrogens with one attached hydrogen (secondary N) is 1. The normalized spacial score (nSPS) is 10.5. The molecule has 2 heterocycles. The van der Waals surface area contributed by atoms with Crippen molar-refractivity contribution in [2.24, 2.45) is 0 Å². The van der Waals surface area contributed by atoms with Gasteiger partial charge in [0.15, 0.2) is 0 Å². The summed E-state index contributed by atoms with van der Waals surface area (Å²) in [5.74, 6) is 0. The number of aromatic nitrogens is 2. The van der Waals surface area contributed by atoms with Crippen LogP contribution in [0.3, 0.4) is 0 Å². The predicted octanol–water partition coefficient (Wildman–Crippen LogP) is 1.92. The number of pyridine rings is 1. The van der Waals surface area contributed by atoms with Crippen molar-refractivity contribution in [2.45, 2.75) is 13.3 Å². The number of aliphatic hydroxyl groups is 1. The summed E-state index contributed by atoms with van der Waals surface area (Å²) in [5.41, 5.74) is 3.46. The van der Waals surface area contributed by atoms with Gasteiger partial charge in [0, 0.05) is 18.6 Å². The molecule has 0 radical (unpaired) electrons. The highest BCUT2D eigenvalue weighted by Crippen LogP contribution is 2.21. The zero-order chi connectivity index (χ0) is 14.3. The maximum atomic E-state index is 12.6. The van der Waals surface area contributed by atoms with E-state index in [1.54, 1.807) is 6.92 Å². The summed E-state index contributed by atoms with van der Waals surface area (Å²) >= 11 is 0. The summed E-state index contributed by atoms with van der Waals surface area (Å²) in [5, 5.41) is 18.5. The molecule has 0 fully saturated rings. The summed E-state index contributed by atoms with van der Waals surface area (Å²) in [6, 6.07) is 9.57. The first kappa shape index (κ1) is 15.1. The van der Waals surface area contributed by atoms with E-state index in [9.17, 15) is 10.1 Å². The van der Waals surface area contributed by atoms with Crippen LogP contribution < -0.4 is 5.56 Å². The third-order valence-corrected chi connectivity index (χ3v) is 3.62. The molecular weight excluding hydrogens is 290 g/mol. The van der Waals surface area contributed by atoms with Gasteiger partial charge in [0.25, 0.3) is 5.56 Å². The van der Waals surface area contributed by atoms with Crippen molar-refractivity contribution < 1.29 is 5.11 Å². The smallest absolute Gasteiger partial charge is 0.260 e. The fourth-order valence-corrected chi connectivity index (χ4v) is 2.63. The number of nitriles is 1. The van der Waals surface area contributed by atoms with Gasteiger partial charge in [0.2, 0.25) is 0 Å². The van der Waals surface area contributed by atoms with Crippen molar-refractivity contribution >= 4 is 29.1 Å². The lowest BCUT2D eigenvalue weighted by Gasteiger charge is -2.07. The van der Waals surface area contributed by atoms with Crippen LogP contribution in [0, 0.1) is 18.3 Å². The number of H-pyrrole nitrogens is 1. The molecule has 3 aromatic rings. The molecule has 0 spiro atoms. The molecule has 0 bridgehead atoms. The molecule has 0 saturated carbocycles. The van der Waals surface area contributed by atoms with Crippen LogP contribution >= 0.6 is 12.4 Å². The Kier molecular flexibility index (Phi) is 4.03. The highest BCUT2D eigenvalue weighted by Gasteiger charge is 2.17. The van der Waals surface area contributed by atoms with Crippen LogP contribution in [-0.2, 0) is 6.42 Å². The third-order valence-electron chi connectivity index (χ3n) is 3.62. The minimum atomic E-state index is -0.178. The lowest BCUT2D eigenvalue weighted by Crippen LogP contribution is -2.21. The fourth-order valence-electron chi connectivity index (χ4n) is 2.63. The number of rotatable bonds is 2. The number of aliphatic hydroxyl groups excluding tert-OH is 1. The Hall–Kier alpha value is -2.29. The molecule has 2 aromatic heterocycles. The second-order valence-electron chi connectivity index (χ2n) is 4.70. The Morgan fingerprint density at radius 3 is 2.76 bits per heavy atom. The quantitative estimate of drug-likeness (QED) is 0.759. The van der Waals surface area contributed by atoms with Gasteiger partial charge in [-0.3, -0.25) is 9.20 Å². The van der Waals surface area contributed by atoms with Crippen LogP contribution in [0.5, 0.6) is 0 Å². The molecule has 3 rings (SSSR count). The van der Waals surface area contributed by atoms with Crippen molar-refractivity contribution in [3.05, 3.63) is 51.3 Å². The Labute approximate surface area is 126 Å². The van der Waals surface area contributed by atoms with Gasteiger partial charge in [-0.2, -0.15) is 5.26 Å². The number of para-hydroxylation sites is 2. The molecule has 21 heavy (non-hydrogen) atoms. The van der Waals surface area contributed by atoms with E-state index in [4.69, 9.17) is 5.11 Å². The number of nitrogens with zero attached hydrogens (tertiary/aromatic N) is 2. The number of hydrogen-bond donors (Lipinski definition) is 2. The average molecular weight is 304 g/mol. The van der Waals surface area contributed by atoms with Gasteiger partial charge in [0.05, 0.1) is 16.6 Å². The minimum Gasteiger partial charge on any atom is -0.396 e. The van der Waals surface area contributed by atoms with E-state index in [0.29, 0.717) is 22.3 Å². The second-order valence-corrected chi connectivity index (χ2v) is 4.70. The maximum Gasteiger partial charge on any atom is 0.260 e. The van der Waals surface area contributed by atoms with Crippen LogP contribution in [0.2, 0.25) is 0 Å². The van der Waals surface area contributed by atoms with E-state index >= 15 is 0 Å². The van der Waals surface area contributed by atoms with Crippen molar-refractivity contribution in [3.8, 4) is 6.07 Å². The number of aromatic amines is 1. The molecule has 1 aromatic carbocycles. The molecular formula is C15H14ClN3O2. The Bertz CT molecular complexity index is 918. The van der Waals surface area contributed by atoms with Crippen LogP contribution in [-0.4, -0.2) is 21.1 Å². The van der Waals surface area contributed by atoms with Crippen LogP contribution in [0.15, 0.2) is 29.1 Å². The Morgan fingerprint density at radius 1 is 1.38 bits per heavy atom. The molecule has 0 aliphatic carbocycles. The summed E-state index contributed by atoms with van der Waals surface area (Å²) in [6.07, 6.45) is 0.252. The molecule has 5 nitrogen and oxygen atoms in total. The third kappa shape index (κ3) is 2.09. The van der Waals surface area contributed by atoms with Crippen LogP contribution in [0.4, 0.5) is 0 Å². The Balaban J connectivity index is 0.00000161. The van der Waals surface area contributed by atoms with Gasteiger partial charge in [0.1, 0.15) is 11.7 Å². The van der Waals surface area contributed by atoms with E-state index in [1.165, 1.54) is 4.40 Å². The standard InChI is InChI=1S/C15H13N3O2.ClH/c1-9-10(6-7-19)15(20)18-13-5-3-2-4-12(13)17-14(18)11(9)8-16;/h2-5,17,19H,6-7H2,1H3;1H. The molecule has 0 atom stereocenters. The molecule has 0 amide bonds. The molecule has 2 N–H and O–H groups in total. The zero-order valence-corrected chi connectivity index (χ0v) is 12.2. The lowest BCUT2D eigenvalue weighted by molar-refractivity contribution is 0.299. The van der Waals surface area contributed by atoms with Gasteiger partial charge < -0.3 is 10.1 Å². The van der Waals surface area contributed by atoms with Crippen molar-refractivity contribution in [1.82, 2.24) is 9.38 Å². The monoisotopic (exact) mass is 303 g/mol. The number of benzene rings is 1. The van der Waals surface area contributed by atoms with Gasteiger partial charge in [-0.15, -0.1) is 12.4 Å². The first-order chi connectivity index (χ1) is 9.69. The summed E-state index contributed by atoms with van der Waals surface area (Å²) < 4.78 is 1.52. The minimum absolute atomic E-state index is 0. The van der Waals surface area contributed by atoms with E-state index in [0.717, 1.165) is 11.0 Å². The molecule has 0 aliphatic rings. The number of fused-ring (bicyclic) bond motifs is 3. The van der Waals surface area contributed by atoms with Crippen molar-refractivity contribution in [3.63, 3.8) is 0 Å². The molecule has 108 valence electrons. The summed E-state index contributed by atoms with van der Waals surface area (Å²) in [7, 11) is 0. The van der Waals surface area contributed by atoms with E-state index < -0.39 is 0 Å². The summed E-state index contributed by atoms with van der Waals surface area (Å²) in [4.78, 5) is 15.7. The fraction of sp³-hybridized carbons (Fsp3) is 0.200. The number of imidazole rings is 1. The maximum absolute atomic E-state index is 12.6. The SMILES string of the molecule is Cc1c(CCO)c(=O)n2c([nH]c3ccccc32)c1C#N.Cl. The zero-order valence-electron chi connectivity index (χ0n) is 11.4. The average Bonchev–Trinajstić information content (AvgIpc) is 2.83. The van der Waals surface area contributed by atoms with Gasteiger partial charge in [-0.25, -0.2) is 0 Å². The second kappa shape index (κ2) is 5.60. The number of halogens is 1. The van der Waals surface area contributed by atoms with Gasteiger partial charge >= 0.3 is 0 Å². The van der Waals surface area contributed by atoms with E-state index in [-0.39, 0.29) is 31.0 Å². The molecule has 6 heteroatoms. The topological polar surface area (TPSA) is 81.3 Å². The van der Waals surface area contributed by atoms with Crippen molar-refractivity contribution in [2.75, 3.05) is 6.61 Å². The van der Waals surface area contributed by atoms with Crippen LogP contribution in [0.25, 0.3) is 16.7 Å². The van der Waals surface area contributed by atoms with E-state index in [1.807, 2.05) is 24.3 Å². The molecule has 0 unspecified atom stereocenters. The highest BCUT2D eigenvalue weighted by atomic mass is 35.5. The first-order valence-electron chi connectivity index (χ1n) is 6.35. The van der Waals surface area contributed by atoms with Crippen molar-refractivity contribution in [1.29, 1.82) is 5.26 Å². The number of hydrogen-bond acceptors (Lipinski definition) is 3. The Morgan fingerprint density at radius 2 is 2.10 bits per heavy atom. The predicted molar refractivity (Wildman–Crippen MR) is 83.0 cm³/mol. The van der Waals surface area contributed by atoms with Gasteiger partial charge in [-0.1, -0.05) is 12.1 Å². The molecule has 0 aliphatic heterocycles. The van der Waals surface area contributed by atoms with Crippen LogP contribution in [0.1, 0.15) is 16.7 Å². The van der Waals surface area contributed by atoms with E-state index in [2.05, 4.69) is 11.1 Å².